The number of nitrogens with one attached hydrogen (secondary N) is 1. The molecule has 0 aliphatic rings. The van der Waals surface area contributed by atoms with E-state index in [2.05, 4.69) is 38.2 Å². The number of carboxylic acids is 1. The van der Waals surface area contributed by atoms with Crippen molar-refractivity contribution in [3.05, 3.63) is 54.1 Å². The van der Waals surface area contributed by atoms with Gasteiger partial charge in [0, 0.05) is 10.9 Å². The van der Waals surface area contributed by atoms with Gasteiger partial charge in [0.25, 0.3) is 0 Å². The monoisotopic (exact) mass is 391 g/mol. The molecule has 0 aliphatic carbocycles. The first-order valence-electron chi connectivity index (χ1n) is 10.0. The predicted molar refractivity (Wildman–Crippen MR) is 118 cm³/mol. The second kappa shape index (κ2) is 8.19. The summed E-state index contributed by atoms with van der Waals surface area (Å²) in [5, 5.41) is 13.6. The Kier molecular flexibility index (Phi) is 5.87. The zero-order valence-corrected chi connectivity index (χ0v) is 17.7. The lowest BCUT2D eigenvalue weighted by Crippen LogP contribution is -2.31. The molecule has 0 radical (unpaired) electrons. The van der Waals surface area contributed by atoms with Crippen molar-refractivity contribution in [3.8, 4) is 11.4 Å². The zero-order chi connectivity index (χ0) is 21.2. The number of benzene rings is 2. The topological polar surface area (TPSA) is 75.1 Å². The van der Waals surface area contributed by atoms with E-state index in [1.165, 1.54) is 5.56 Å². The predicted octanol–water partition coefficient (Wildman–Crippen LogP) is 5.51. The number of hydrogen-bond donors (Lipinski definition) is 2. The van der Waals surface area contributed by atoms with Crippen molar-refractivity contribution in [3.63, 3.8) is 0 Å². The fraction of sp³-hybridized carbons (Fsp3) is 0.375. The first-order chi connectivity index (χ1) is 13.6. The molecule has 0 bridgehead atoms. The van der Waals surface area contributed by atoms with E-state index in [-0.39, 0.29) is 11.3 Å². The Balaban J connectivity index is 2.05. The Labute approximate surface area is 172 Å². The largest absolute Gasteiger partial charge is 0.480 e. The van der Waals surface area contributed by atoms with Crippen molar-refractivity contribution < 1.29 is 9.90 Å². The first-order valence-corrected chi connectivity index (χ1v) is 10.0. The average Bonchev–Trinajstić information content (AvgIpc) is 2.66. The third-order valence-electron chi connectivity index (χ3n) is 4.93. The van der Waals surface area contributed by atoms with Crippen LogP contribution in [0.25, 0.3) is 22.3 Å². The molecule has 3 aromatic rings. The molecule has 0 unspecified atom stereocenters. The lowest BCUT2D eigenvalue weighted by molar-refractivity contribution is -0.138. The highest BCUT2D eigenvalue weighted by molar-refractivity contribution is 5.92. The SMILES string of the molecule is CC(C)C[C@H](Nc1nc(-c2ccc(C(C)(C)C)cc2)nc2ccccc12)C(=O)O. The molecule has 0 saturated carbocycles. The van der Waals surface area contributed by atoms with Crippen LogP contribution in [0.4, 0.5) is 5.82 Å². The molecule has 152 valence electrons. The number of anilines is 1. The minimum atomic E-state index is -0.877. The van der Waals surface area contributed by atoms with E-state index < -0.39 is 12.0 Å². The van der Waals surface area contributed by atoms with Gasteiger partial charge in [0.1, 0.15) is 11.9 Å². The van der Waals surface area contributed by atoms with Crippen LogP contribution in [0.1, 0.15) is 46.6 Å². The third kappa shape index (κ3) is 4.91. The number of aliphatic carboxylic acids is 1. The molecule has 0 amide bonds. The third-order valence-corrected chi connectivity index (χ3v) is 4.93. The molecule has 1 heterocycles. The van der Waals surface area contributed by atoms with Gasteiger partial charge in [-0.05, 0) is 35.4 Å². The zero-order valence-electron chi connectivity index (χ0n) is 17.7. The second-order valence-electron chi connectivity index (χ2n) is 8.91. The Morgan fingerprint density at radius 2 is 1.69 bits per heavy atom. The minimum Gasteiger partial charge on any atom is -0.480 e. The summed E-state index contributed by atoms with van der Waals surface area (Å²) in [6.45, 7) is 10.6. The molecule has 0 fully saturated rings. The van der Waals surface area contributed by atoms with Gasteiger partial charge in [0.05, 0.1) is 5.52 Å². The maximum atomic E-state index is 11.8. The summed E-state index contributed by atoms with van der Waals surface area (Å²) >= 11 is 0. The Morgan fingerprint density at radius 1 is 1.03 bits per heavy atom. The summed E-state index contributed by atoms with van der Waals surface area (Å²) in [5.74, 6) is 0.512. The average molecular weight is 392 g/mol. The van der Waals surface area contributed by atoms with E-state index in [4.69, 9.17) is 9.97 Å². The number of hydrogen-bond acceptors (Lipinski definition) is 4. The van der Waals surface area contributed by atoms with Gasteiger partial charge in [-0.25, -0.2) is 14.8 Å². The quantitative estimate of drug-likeness (QED) is 0.580. The van der Waals surface area contributed by atoms with Crippen molar-refractivity contribution in [2.75, 3.05) is 5.32 Å². The van der Waals surface area contributed by atoms with Gasteiger partial charge in [-0.3, -0.25) is 0 Å². The molecule has 5 heteroatoms. The molecule has 2 aromatic carbocycles. The van der Waals surface area contributed by atoms with Gasteiger partial charge in [-0.2, -0.15) is 0 Å². The van der Waals surface area contributed by atoms with Crippen LogP contribution in [0.15, 0.2) is 48.5 Å². The van der Waals surface area contributed by atoms with Crippen molar-refractivity contribution in [1.29, 1.82) is 0 Å². The maximum absolute atomic E-state index is 11.8. The Hall–Kier alpha value is -2.95. The van der Waals surface area contributed by atoms with E-state index in [0.29, 0.717) is 18.1 Å². The van der Waals surface area contributed by atoms with E-state index in [9.17, 15) is 9.90 Å². The Bertz CT molecular complexity index is 1000. The van der Waals surface area contributed by atoms with Gasteiger partial charge in [-0.1, -0.05) is 71.0 Å². The van der Waals surface area contributed by atoms with Crippen LogP contribution in [-0.4, -0.2) is 27.1 Å². The number of carbonyl (C=O) groups is 1. The van der Waals surface area contributed by atoms with E-state index in [1.54, 1.807) is 0 Å². The van der Waals surface area contributed by atoms with Crippen LogP contribution in [0, 0.1) is 5.92 Å². The summed E-state index contributed by atoms with van der Waals surface area (Å²) < 4.78 is 0. The number of carboxylic acid groups (broad SMARTS) is 1. The normalized spacial score (nSPS) is 12.9. The van der Waals surface area contributed by atoms with Crippen molar-refractivity contribution in [2.24, 2.45) is 5.92 Å². The number of aromatic nitrogens is 2. The summed E-state index contributed by atoms with van der Waals surface area (Å²) in [6, 6.07) is 15.2. The van der Waals surface area contributed by atoms with Crippen LogP contribution in [0.3, 0.4) is 0 Å². The van der Waals surface area contributed by atoms with E-state index in [0.717, 1.165) is 16.5 Å². The smallest absolute Gasteiger partial charge is 0.326 e. The van der Waals surface area contributed by atoms with Crippen molar-refractivity contribution >= 4 is 22.7 Å². The number of fused-ring (bicyclic) bond motifs is 1. The molecule has 0 aliphatic heterocycles. The van der Waals surface area contributed by atoms with Crippen molar-refractivity contribution in [1.82, 2.24) is 9.97 Å². The van der Waals surface area contributed by atoms with Crippen LogP contribution in [0.2, 0.25) is 0 Å². The van der Waals surface area contributed by atoms with Gasteiger partial charge in [0.15, 0.2) is 5.82 Å². The van der Waals surface area contributed by atoms with E-state index >= 15 is 0 Å². The molecular formula is C24H29N3O2. The second-order valence-corrected chi connectivity index (χ2v) is 8.91. The molecule has 1 aromatic heterocycles. The number of para-hydroxylation sites is 1. The highest BCUT2D eigenvalue weighted by Crippen LogP contribution is 2.28. The fourth-order valence-electron chi connectivity index (χ4n) is 3.29. The highest BCUT2D eigenvalue weighted by atomic mass is 16.4. The Morgan fingerprint density at radius 3 is 2.28 bits per heavy atom. The number of rotatable bonds is 6. The van der Waals surface area contributed by atoms with Gasteiger partial charge >= 0.3 is 5.97 Å². The molecule has 1 atom stereocenters. The molecular weight excluding hydrogens is 362 g/mol. The van der Waals surface area contributed by atoms with Crippen LogP contribution >= 0.6 is 0 Å². The summed E-state index contributed by atoms with van der Waals surface area (Å²) in [7, 11) is 0. The standard InChI is InChI=1S/C24H29N3O2/c1-15(2)14-20(23(28)29)26-22-18-8-6-7-9-19(18)25-21(27-22)16-10-12-17(13-11-16)24(3,4)5/h6-13,15,20H,14H2,1-5H3,(H,28,29)(H,25,26,27)/t20-/m0/s1. The van der Waals surface area contributed by atoms with Gasteiger partial charge in [0.2, 0.25) is 0 Å². The molecule has 5 nitrogen and oxygen atoms in total. The lowest BCUT2D eigenvalue weighted by atomic mass is 9.87. The lowest BCUT2D eigenvalue weighted by Gasteiger charge is -2.20. The summed E-state index contributed by atoms with van der Waals surface area (Å²) in [4.78, 5) is 21.2. The van der Waals surface area contributed by atoms with Crippen molar-refractivity contribution in [2.45, 2.75) is 52.5 Å². The highest BCUT2D eigenvalue weighted by Gasteiger charge is 2.21. The van der Waals surface area contributed by atoms with Crippen LogP contribution in [-0.2, 0) is 10.2 Å². The fourth-order valence-corrected chi connectivity index (χ4v) is 3.29. The maximum Gasteiger partial charge on any atom is 0.326 e. The van der Waals surface area contributed by atoms with Crippen LogP contribution < -0.4 is 5.32 Å². The molecule has 0 saturated heterocycles. The van der Waals surface area contributed by atoms with Gasteiger partial charge in [-0.15, -0.1) is 0 Å². The molecule has 29 heavy (non-hydrogen) atoms. The van der Waals surface area contributed by atoms with E-state index in [1.807, 2.05) is 50.2 Å². The van der Waals surface area contributed by atoms with Crippen LogP contribution in [0.5, 0.6) is 0 Å². The molecule has 2 N–H and O–H groups in total. The van der Waals surface area contributed by atoms with Gasteiger partial charge < -0.3 is 10.4 Å². The minimum absolute atomic E-state index is 0.0705. The molecule has 3 rings (SSSR count). The molecule has 0 spiro atoms. The summed E-state index contributed by atoms with van der Waals surface area (Å²) in [6.07, 6.45) is 0.517. The number of nitrogens with zero attached hydrogens (tertiary/aromatic N) is 2. The first kappa shape index (κ1) is 20.8. The summed E-state index contributed by atoms with van der Waals surface area (Å²) in [5.41, 5.74) is 3.00.